The molecule has 1 fully saturated rings. The SMILES string of the molecule is COc1ccc(Br)cc1C(c1cccc(Cl)c1Cl)N1CCC(C(=O)O)CC1. The van der Waals surface area contributed by atoms with Gasteiger partial charge in [0.25, 0.3) is 0 Å². The Morgan fingerprint density at radius 1 is 1.22 bits per heavy atom. The minimum Gasteiger partial charge on any atom is -0.496 e. The van der Waals surface area contributed by atoms with E-state index in [0.717, 1.165) is 21.3 Å². The van der Waals surface area contributed by atoms with Gasteiger partial charge >= 0.3 is 5.97 Å². The van der Waals surface area contributed by atoms with Gasteiger partial charge < -0.3 is 9.84 Å². The lowest BCUT2D eigenvalue weighted by Crippen LogP contribution is -2.39. The zero-order valence-electron chi connectivity index (χ0n) is 14.8. The van der Waals surface area contributed by atoms with Crippen molar-refractivity contribution >= 4 is 45.1 Å². The van der Waals surface area contributed by atoms with Crippen molar-refractivity contribution < 1.29 is 14.6 Å². The fourth-order valence-corrected chi connectivity index (χ4v) is 4.41. The number of ether oxygens (including phenoxy) is 1. The first-order valence-electron chi connectivity index (χ1n) is 8.66. The highest BCUT2D eigenvalue weighted by atomic mass is 79.9. The van der Waals surface area contributed by atoms with Crippen LogP contribution in [0.3, 0.4) is 0 Å². The summed E-state index contributed by atoms with van der Waals surface area (Å²) in [6, 6.07) is 11.3. The minimum absolute atomic E-state index is 0.182. The van der Waals surface area contributed by atoms with E-state index >= 15 is 0 Å². The van der Waals surface area contributed by atoms with E-state index in [4.69, 9.17) is 27.9 Å². The standard InChI is InChI=1S/C20H20BrCl2NO3/c1-27-17-6-5-13(21)11-15(17)19(14-3-2-4-16(22)18(14)23)24-9-7-12(8-10-24)20(25)26/h2-6,11-12,19H,7-10H2,1H3,(H,25,26). The van der Waals surface area contributed by atoms with E-state index in [0.29, 0.717) is 36.0 Å². The average Bonchev–Trinajstić information content (AvgIpc) is 2.66. The lowest BCUT2D eigenvalue weighted by molar-refractivity contribution is -0.143. The van der Waals surface area contributed by atoms with E-state index in [1.54, 1.807) is 13.2 Å². The number of carbonyl (C=O) groups is 1. The molecule has 0 aromatic heterocycles. The molecule has 0 spiro atoms. The molecule has 0 bridgehead atoms. The van der Waals surface area contributed by atoms with Crippen LogP contribution in [0.4, 0.5) is 0 Å². The molecule has 2 aromatic rings. The number of hydrogen-bond donors (Lipinski definition) is 1. The van der Waals surface area contributed by atoms with Gasteiger partial charge in [-0.15, -0.1) is 0 Å². The van der Waals surface area contributed by atoms with Gasteiger partial charge in [-0.05, 0) is 55.8 Å². The third-order valence-corrected chi connectivity index (χ3v) is 6.33. The number of carboxylic acid groups (broad SMARTS) is 1. The molecule has 1 aliphatic heterocycles. The van der Waals surface area contributed by atoms with Crippen molar-refractivity contribution in [2.75, 3.05) is 20.2 Å². The Hall–Kier alpha value is -1.27. The maximum Gasteiger partial charge on any atom is 0.306 e. The Morgan fingerprint density at radius 2 is 1.93 bits per heavy atom. The molecule has 0 saturated carbocycles. The number of piperidine rings is 1. The maximum absolute atomic E-state index is 11.3. The molecule has 1 atom stereocenters. The molecule has 0 aliphatic carbocycles. The number of rotatable bonds is 5. The summed E-state index contributed by atoms with van der Waals surface area (Å²) in [6.07, 6.45) is 1.20. The zero-order chi connectivity index (χ0) is 19.6. The lowest BCUT2D eigenvalue weighted by Gasteiger charge is -2.38. The number of likely N-dealkylation sites (tertiary alicyclic amines) is 1. The molecule has 0 radical (unpaired) electrons. The van der Waals surface area contributed by atoms with Crippen LogP contribution in [-0.4, -0.2) is 36.2 Å². The number of carboxylic acids is 1. The van der Waals surface area contributed by atoms with Gasteiger partial charge in [0, 0.05) is 10.0 Å². The van der Waals surface area contributed by atoms with E-state index < -0.39 is 5.97 Å². The van der Waals surface area contributed by atoms with Crippen LogP contribution in [0.25, 0.3) is 0 Å². The summed E-state index contributed by atoms with van der Waals surface area (Å²) < 4.78 is 6.54. The van der Waals surface area contributed by atoms with Gasteiger partial charge in [-0.2, -0.15) is 0 Å². The molecule has 144 valence electrons. The second kappa shape index (κ2) is 8.82. The molecule has 3 rings (SSSR count). The molecule has 1 unspecified atom stereocenters. The summed E-state index contributed by atoms with van der Waals surface area (Å²) >= 11 is 16.4. The molecule has 7 heteroatoms. The second-order valence-corrected chi connectivity index (χ2v) is 8.28. The number of nitrogens with zero attached hydrogens (tertiary/aromatic N) is 1. The highest BCUT2D eigenvalue weighted by Gasteiger charge is 2.33. The number of hydrogen-bond acceptors (Lipinski definition) is 3. The van der Waals surface area contributed by atoms with Gasteiger partial charge in [0.15, 0.2) is 0 Å². The number of methoxy groups -OCH3 is 1. The first kappa shape index (κ1) is 20.5. The molecule has 27 heavy (non-hydrogen) atoms. The van der Waals surface area contributed by atoms with E-state index in [2.05, 4.69) is 20.8 Å². The monoisotopic (exact) mass is 471 g/mol. The van der Waals surface area contributed by atoms with E-state index in [1.165, 1.54) is 0 Å². The van der Waals surface area contributed by atoms with Crippen molar-refractivity contribution in [1.82, 2.24) is 4.90 Å². The Bertz CT molecular complexity index is 838. The Labute approximate surface area is 177 Å². The summed E-state index contributed by atoms with van der Waals surface area (Å²) in [6.45, 7) is 1.31. The number of halogens is 3. The average molecular weight is 473 g/mol. The predicted octanol–water partition coefficient (Wildman–Crippen LogP) is 5.65. The van der Waals surface area contributed by atoms with Crippen molar-refractivity contribution in [3.63, 3.8) is 0 Å². The topological polar surface area (TPSA) is 49.8 Å². The first-order valence-corrected chi connectivity index (χ1v) is 10.2. The van der Waals surface area contributed by atoms with Crippen LogP contribution in [0.5, 0.6) is 5.75 Å². The summed E-state index contributed by atoms with van der Waals surface area (Å²) in [5.74, 6) is -0.284. The van der Waals surface area contributed by atoms with Crippen LogP contribution in [-0.2, 0) is 4.79 Å². The molecular formula is C20H20BrCl2NO3. The number of aliphatic carboxylic acids is 1. The molecule has 1 N–H and O–H groups in total. The zero-order valence-corrected chi connectivity index (χ0v) is 17.9. The maximum atomic E-state index is 11.3. The van der Waals surface area contributed by atoms with E-state index in [9.17, 15) is 9.90 Å². The van der Waals surface area contributed by atoms with Crippen LogP contribution < -0.4 is 4.74 Å². The van der Waals surface area contributed by atoms with E-state index in [-0.39, 0.29) is 12.0 Å². The Balaban J connectivity index is 2.07. The smallest absolute Gasteiger partial charge is 0.306 e. The fraction of sp³-hybridized carbons (Fsp3) is 0.350. The Kier molecular flexibility index (Phi) is 6.69. The lowest BCUT2D eigenvalue weighted by atomic mass is 9.91. The third kappa shape index (κ3) is 4.43. The van der Waals surface area contributed by atoms with Crippen LogP contribution in [0.1, 0.15) is 30.0 Å². The highest BCUT2D eigenvalue weighted by molar-refractivity contribution is 9.10. The van der Waals surface area contributed by atoms with Crippen LogP contribution in [0, 0.1) is 5.92 Å². The van der Waals surface area contributed by atoms with Crippen molar-refractivity contribution in [3.05, 3.63) is 62.0 Å². The minimum atomic E-state index is -0.730. The first-order chi connectivity index (χ1) is 12.9. The van der Waals surface area contributed by atoms with Crippen LogP contribution in [0.15, 0.2) is 40.9 Å². The quantitative estimate of drug-likeness (QED) is 0.610. The van der Waals surface area contributed by atoms with Crippen LogP contribution in [0.2, 0.25) is 10.0 Å². The number of benzene rings is 2. The van der Waals surface area contributed by atoms with Gasteiger partial charge in [0.1, 0.15) is 5.75 Å². The summed E-state index contributed by atoms with van der Waals surface area (Å²) in [5.41, 5.74) is 1.85. The Morgan fingerprint density at radius 3 is 2.56 bits per heavy atom. The van der Waals surface area contributed by atoms with Gasteiger partial charge in [-0.1, -0.05) is 51.3 Å². The molecule has 2 aromatic carbocycles. The van der Waals surface area contributed by atoms with E-state index in [1.807, 2.05) is 30.3 Å². The van der Waals surface area contributed by atoms with Gasteiger partial charge in [-0.3, -0.25) is 9.69 Å². The highest BCUT2D eigenvalue weighted by Crippen LogP contribution is 2.42. The van der Waals surface area contributed by atoms with Crippen molar-refractivity contribution in [2.45, 2.75) is 18.9 Å². The summed E-state index contributed by atoms with van der Waals surface area (Å²) in [7, 11) is 1.64. The van der Waals surface area contributed by atoms with Crippen LogP contribution >= 0.6 is 39.1 Å². The molecule has 0 amide bonds. The van der Waals surface area contributed by atoms with Crippen molar-refractivity contribution in [3.8, 4) is 5.75 Å². The van der Waals surface area contributed by atoms with Gasteiger partial charge in [0.05, 0.1) is 29.1 Å². The third-order valence-electron chi connectivity index (χ3n) is 5.01. The summed E-state index contributed by atoms with van der Waals surface area (Å²) in [5, 5.41) is 10.3. The molecule has 4 nitrogen and oxygen atoms in total. The second-order valence-electron chi connectivity index (χ2n) is 6.58. The molecule has 1 heterocycles. The molecule has 1 saturated heterocycles. The van der Waals surface area contributed by atoms with Gasteiger partial charge in [-0.25, -0.2) is 0 Å². The molecular weight excluding hydrogens is 453 g/mol. The van der Waals surface area contributed by atoms with Crippen molar-refractivity contribution in [1.29, 1.82) is 0 Å². The summed E-state index contributed by atoms with van der Waals surface area (Å²) in [4.78, 5) is 13.6. The largest absolute Gasteiger partial charge is 0.496 e. The predicted molar refractivity (Wildman–Crippen MR) is 111 cm³/mol. The normalized spacial score (nSPS) is 16.9. The van der Waals surface area contributed by atoms with Crippen molar-refractivity contribution in [2.24, 2.45) is 5.92 Å². The van der Waals surface area contributed by atoms with Gasteiger partial charge in [0.2, 0.25) is 0 Å². The fourth-order valence-electron chi connectivity index (χ4n) is 3.62. The molecule has 1 aliphatic rings.